The van der Waals surface area contributed by atoms with Crippen LogP contribution in [-0.4, -0.2) is 38.8 Å². The Morgan fingerprint density at radius 1 is 0.786 bits per heavy atom. The molecule has 0 aliphatic rings. The Kier molecular flexibility index (Phi) is 5.96. The highest BCUT2D eigenvalue weighted by molar-refractivity contribution is 7.70. The minimum Gasteiger partial charge on any atom is -0.504 e. The first-order chi connectivity index (χ1) is 13.6. The van der Waals surface area contributed by atoms with Crippen molar-refractivity contribution in [3.63, 3.8) is 0 Å². The van der Waals surface area contributed by atoms with Crippen molar-refractivity contribution < 1.29 is 29.3 Å². The molecule has 2 N–H and O–H groups in total. The largest absolute Gasteiger partial charge is 0.504 e. The van der Waals surface area contributed by atoms with Crippen molar-refractivity contribution in [1.82, 2.24) is 0 Å². The quantitative estimate of drug-likeness (QED) is 0.353. The van der Waals surface area contributed by atoms with Crippen LogP contribution in [0.25, 0.3) is 21.6 Å². The summed E-state index contributed by atoms with van der Waals surface area (Å²) in [6.45, 7) is 0. The Balaban J connectivity index is 2.26. The van der Waals surface area contributed by atoms with E-state index in [1.54, 1.807) is 24.3 Å². The van der Waals surface area contributed by atoms with E-state index >= 15 is 0 Å². The summed E-state index contributed by atoms with van der Waals surface area (Å²) in [5, 5.41) is 23.1. The van der Waals surface area contributed by atoms with Crippen LogP contribution in [0.15, 0.2) is 35.5 Å². The molecule has 0 atom stereocenters. The third kappa shape index (κ3) is 3.46. The maximum Gasteiger partial charge on any atom is 0.203 e. The van der Waals surface area contributed by atoms with Crippen molar-refractivity contribution in [2.45, 2.75) is 0 Å². The summed E-state index contributed by atoms with van der Waals surface area (Å²) in [4.78, 5) is 0.824. The Bertz CT molecular complexity index is 1030. The van der Waals surface area contributed by atoms with E-state index in [0.29, 0.717) is 33.2 Å². The topological polar surface area (TPSA) is 89.7 Å². The van der Waals surface area contributed by atoms with Gasteiger partial charge in [0.25, 0.3) is 0 Å². The van der Waals surface area contributed by atoms with Crippen molar-refractivity contribution in [2.75, 3.05) is 28.4 Å². The number of ether oxygens (including phenoxy) is 4. The van der Waals surface area contributed by atoms with Gasteiger partial charge < -0.3 is 29.3 Å². The Hall–Kier alpha value is -2.91. The minimum absolute atomic E-state index is 0.0247. The molecule has 1 heterocycles. The fraction of sp³-hybridized carbons (Fsp3) is 0.211. The fourth-order valence-electron chi connectivity index (χ4n) is 2.83. The van der Waals surface area contributed by atoms with Crippen molar-refractivity contribution in [1.29, 1.82) is 0 Å². The van der Waals surface area contributed by atoms with E-state index in [1.165, 1.54) is 49.1 Å². The molecule has 0 aliphatic carbocycles. The van der Waals surface area contributed by atoms with Crippen LogP contribution in [0.5, 0.6) is 28.7 Å². The average Bonchev–Trinajstić information content (AvgIpc) is 3.16. The van der Waals surface area contributed by atoms with Crippen LogP contribution in [0.2, 0.25) is 0 Å². The van der Waals surface area contributed by atoms with Gasteiger partial charge in [-0.15, -0.1) is 0 Å². The summed E-state index contributed by atoms with van der Waals surface area (Å²) in [7, 11) is 8.85. The zero-order valence-electron chi connectivity index (χ0n) is 15.7. The maximum atomic E-state index is 10.2. The highest BCUT2D eigenvalue weighted by atomic mass is 32.9. The molecule has 0 saturated heterocycles. The van der Waals surface area contributed by atoms with Crippen LogP contribution >= 0.6 is 20.7 Å². The zero-order valence-corrected chi connectivity index (χ0v) is 17.3. The Morgan fingerprint density at radius 2 is 1.43 bits per heavy atom. The molecule has 0 amide bonds. The number of hydrogen-bond donors (Lipinski definition) is 2. The second-order valence-electron chi connectivity index (χ2n) is 5.58. The molecule has 9 heteroatoms. The van der Waals surface area contributed by atoms with E-state index in [4.69, 9.17) is 18.9 Å². The van der Waals surface area contributed by atoms with E-state index in [2.05, 4.69) is 5.16 Å². The van der Waals surface area contributed by atoms with E-state index in [9.17, 15) is 10.3 Å². The van der Waals surface area contributed by atoms with Gasteiger partial charge >= 0.3 is 0 Å². The summed E-state index contributed by atoms with van der Waals surface area (Å²) < 4.78 is 21.8. The number of rotatable bonds is 6. The Morgan fingerprint density at radius 3 is 1.93 bits per heavy atom. The maximum absolute atomic E-state index is 10.2. The molecule has 148 valence electrons. The van der Waals surface area contributed by atoms with E-state index < -0.39 is 0 Å². The second-order valence-corrected chi connectivity index (χ2v) is 7.70. The first-order valence-corrected chi connectivity index (χ1v) is 10.2. The van der Waals surface area contributed by atoms with Crippen molar-refractivity contribution in [2.24, 2.45) is 5.16 Å². The summed E-state index contributed by atoms with van der Waals surface area (Å²) >= 11 is 0. The monoisotopic (exact) mass is 421 g/mol. The molecule has 7 nitrogen and oxygen atoms in total. The number of hydrogen-bond acceptors (Lipinski definition) is 9. The van der Waals surface area contributed by atoms with Crippen LogP contribution in [0, 0.1) is 0 Å². The normalized spacial score (nSPS) is 11.4. The predicted octanol–water partition coefficient (Wildman–Crippen LogP) is 4.17. The molecule has 3 rings (SSSR count). The molecule has 0 spiro atoms. The SMILES string of the molecule is COc1ccc(-c2ss/c(=N\O)c2-c2cc(OC)c(OC)c(OC)c2)cc1O. The number of aromatic hydroxyl groups is 1. The van der Waals surface area contributed by atoms with Crippen LogP contribution in [0.3, 0.4) is 0 Å². The van der Waals surface area contributed by atoms with Crippen molar-refractivity contribution in [3.8, 4) is 50.3 Å². The van der Waals surface area contributed by atoms with Gasteiger partial charge in [0.1, 0.15) is 0 Å². The fourth-order valence-corrected chi connectivity index (χ4v) is 5.29. The molecule has 0 saturated carbocycles. The first-order valence-electron chi connectivity index (χ1n) is 8.06. The van der Waals surface area contributed by atoms with Gasteiger partial charge in [-0.05, 0) is 41.5 Å². The third-order valence-electron chi connectivity index (χ3n) is 4.13. The lowest BCUT2D eigenvalue weighted by Crippen LogP contribution is -2.01. The molecule has 1 aromatic heterocycles. The van der Waals surface area contributed by atoms with Crippen LogP contribution in [0.1, 0.15) is 0 Å². The van der Waals surface area contributed by atoms with Crippen molar-refractivity contribution >= 4 is 20.7 Å². The van der Waals surface area contributed by atoms with Crippen LogP contribution in [0.4, 0.5) is 0 Å². The lowest BCUT2D eigenvalue weighted by molar-refractivity contribution is 0.304. The smallest absolute Gasteiger partial charge is 0.203 e. The molecule has 0 radical (unpaired) electrons. The van der Waals surface area contributed by atoms with Gasteiger partial charge in [-0.1, -0.05) is 25.8 Å². The van der Waals surface area contributed by atoms with E-state index in [-0.39, 0.29) is 5.75 Å². The number of benzene rings is 2. The van der Waals surface area contributed by atoms with Gasteiger partial charge in [-0.25, -0.2) is 0 Å². The van der Waals surface area contributed by atoms with Crippen LogP contribution < -0.4 is 23.6 Å². The summed E-state index contributed by atoms with van der Waals surface area (Å²) in [6.07, 6.45) is 0. The average molecular weight is 421 g/mol. The van der Waals surface area contributed by atoms with Gasteiger partial charge in [0.2, 0.25) is 5.75 Å². The molecular formula is C19H19NO6S2. The summed E-state index contributed by atoms with van der Waals surface area (Å²) in [5.41, 5.74) is 2.18. The predicted molar refractivity (Wildman–Crippen MR) is 108 cm³/mol. The summed E-state index contributed by atoms with van der Waals surface area (Å²) in [5.74, 6) is 1.85. The Labute approximate surface area is 169 Å². The number of nitrogens with zero attached hydrogens (tertiary/aromatic N) is 1. The van der Waals surface area contributed by atoms with Crippen molar-refractivity contribution in [3.05, 3.63) is 35.0 Å². The van der Waals surface area contributed by atoms with Gasteiger partial charge in [0.15, 0.2) is 27.7 Å². The van der Waals surface area contributed by atoms with Crippen LogP contribution in [-0.2, 0) is 0 Å². The lowest BCUT2D eigenvalue weighted by Gasteiger charge is -2.14. The molecule has 28 heavy (non-hydrogen) atoms. The third-order valence-corrected chi connectivity index (χ3v) is 6.49. The van der Waals surface area contributed by atoms with E-state index in [1.807, 2.05) is 6.07 Å². The second kappa shape index (κ2) is 8.41. The number of phenols is 1. The first kappa shape index (κ1) is 19.8. The molecule has 0 aliphatic heterocycles. The van der Waals surface area contributed by atoms with Gasteiger partial charge in [0, 0.05) is 5.56 Å². The van der Waals surface area contributed by atoms with Gasteiger partial charge in [0.05, 0.1) is 33.3 Å². The van der Waals surface area contributed by atoms with E-state index in [0.717, 1.165) is 16.0 Å². The highest BCUT2D eigenvalue weighted by Crippen LogP contribution is 2.45. The standard InChI is InChI=1S/C19H19NO6S2/c1-23-13-6-5-10(7-12(13)21)18-16(19(20-22)28-27-18)11-8-14(24-2)17(26-4)15(9-11)25-3/h5-9,21-22H,1-4H3/b20-19-. The zero-order chi connectivity index (χ0) is 20.3. The molecular weight excluding hydrogens is 402 g/mol. The number of methoxy groups -OCH3 is 4. The lowest BCUT2D eigenvalue weighted by atomic mass is 10.0. The highest BCUT2D eigenvalue weighted by Gasteiger charge is 2.20. The molecule has 0 unspecified atom stereocenters. The van der Waals surface area contributed by atoms with Gasteiger partial charge in [-0.2, -0.15) is 0 Å². The molecule has 3 aromatic rings. The molecule has 0 bridgehead atoms. The van der Waals surface area contributed by atoms with Gasteiger partial charge in [-0.3, -0.25) is 0 Å². The summed E-state index contributed by atoms with van der Waals surface area (Å²) in [6, 6.07) is 8.71. The number of phenolic OH excluding ortho intramolecular Hbond substituents is 1. The molecule has 2 aromatic carbocycles. The minimum atomic E-state index is 0.0247. The molecule has 0 fully saturated rings.